The molecule has 0 saturated carbocycles. The predicted molar refractivity (Wildman–Crippen MR) is 59.8 cm³/mol. The Balaban J connectivity index is 4.65. The second kappa shape index (κ2) is 6.48. The maximum atomic E-state index is 11.5. The van der Waals surface area contributed by atoms with Gasteiger partial charge in [-0.25, -0.2) is 4.57 Å². The maximum absolute atomic E-state index is 11.5. The van der Waals surface area contributed by atoms with Crippen molar-refractivity contribution >= 4 is 39.9 Å². The Hall–Kier alpha value is 0.907. The molecule has 0 bridgehead atoms. The molecule has 0 saturated heterocycles. The Labute approximate surface area is 95.9 Å². The predicted octanol–water partition coefficient (Wildman–Crippen LogP) is 4.46. The van der Waals surface area contributed by atoms with E-state index in [9.17, 15) is 4.57 Å². The largest absolute Gasteiger partial charge is 0.498 e. The van der Waals surface area contributed by atoms with Crippen molar-refractivity contribution in [1.82, 2.24) is 0 Å². The smallest absolute Gasteiger partial charge is 0.327 e. The fraction of sp³-hybridized carbons (Fsp3) is 1.00. The molecule has 0 aliphatic heterocycles. The minimum Gasteiger partial charge on any atom is -0.327 e. The first-order valence-electron chi connectivity index (χ1n) is 4.43. The number of hydrogen-bond acceptors (Lipinski definition) is 4. The summed E-state index contributed by atoms with van der Waals surface area (Å²) in [5.74, 6) is 0. The van der Waals surface area contributed by atoms with Crippen LogP contribution in [0.15, 0.2) is 0 Å². The highest BCUT2D eigenvalue weighted by Gasteiger charge is 2.40. The van der Waals surface area contributed by atoms with Gasteiger partial charge in [-0.2, -0.15) is 8.15 Å². The fourth-order valence-electron chi connectivity index (χ4n) is 1.22. The van der Waals surface area contributed by atoms with Gasteiger partial charge in [0.2, 0.25) is 8.32 Å². The van der Waals surface area contributed by atoms with Crippen LogP contribution < -0.4 is 0 Å². The summed E-state index contributed by atoms with van der Waals surface area (Å²) in [6.45, 7) is 5.93. The molecule has 0 aliphatic rings. The number of hydrogen-bond donors (Lipinski definition) is 0. The Morgan fingerprint density at radius 2 is 1.43 bits per heavy atom. The van der Waals surface area contributed by atoms with Crippen molar-refractivity contribution in [2.45, 2.75) is 38.9 Å². The zero-order valence-corrected chi connectivity index (χ0v) is 11.9. The Bertz CT molecular complexity index is 196. The summed E-state index contributed by atoms with van der Waals surface area (Å²) in [6, 6.07) is 2.43. The van der Waals surface area contributed by atoms with Crippen LogP contribution in [-0.2, 0) is 16.9 Å². The molecular weight excluding hydrogens is 266 g/mol. The highest BCUT2D eigenvalue weighted by molar-refractivity contribution is 7.52. The van der Waals surface area contributed by atoms with E-state index in [1.807, 2.05) is 20.8 Å². The van der Waals surface area contributed by atoms with Gasteiger partial charge in [-0.05, 0) is 18.1 Å². The van der Waals surface area contributed by atoms with E-state index in [4.69, 9.17) is 27.9 Å². The molecular formula is C6H15Cl2O4PSi. The molecule has 0 N–H and O–H groups in total. The van der Waals surface area contributed by atoms with E-state index in [-0.39, 0.29) is 0 Å². The SMILES string of the molecule is CC[Si](CC)(CC)OP(=O)(OCl)OCl. The Morgan fingerprint density at radius 1 is 1.07 bits per heavy atom. The lowest BCUT2D eigenvalue weighted by molar-refractivity contribution is 0.311. The number of phosphoric acid groups is 1. The van der Waals surface area contributed by atoms with Crippen LogP contribution in [0, 0.1) is 0 Å². The topological polar surface area (TPSA) is 44.8 Å². The molecule has 0 unspecified atom stereocenters. The molecule has 0 rings (SSSR count). The third-order valence-corrected chi connectivity index (χ3v) is 10.1. The highest BCUT2D eigenvalue weighted by Crippen LogP contribution is 2.55. The molecule has 0 heterocycles. The maximum Gasteiger partial charge on any atom is 0.498 e. The second-order valence-corrected chi connectivity index (χ2v) is 10.1. The average Bonchev–Trinajstić information content (AvgIpc) is 2.26. The van der Waals surface area contributed by atoms with Gasteiger partial charge in [0.15, 0.2) is 0 Å². The monoisotopic (exact) mass is 280 g/mol. The van der Waals surface area contributed by atoms with Crippen LogP contribution in [0.5, 0.6) is 0 Å². The van der Waals surface area contributed by atoms with Crippen molar-refractivity contribution in [2.75, 3.05) is 0 Å². The lowest BCUT2D eigenvalue weighted by atomic mass is 10.9. The molecule has 4 nitrogen and oxygen atoms in total. The van der Waals surface area contributed by atoms with Crippen molar-refractivity contribution in [3.05, 3.63) is 0 Å². The van der Waals surface area contributed by atoms with Gasteiger partial charge in [0.05, 0.1) is 23.7 Å². The van der Waals surface area contributed by atoms with Crippen molar-refractivity contribution in [2.24, 2.45) is 0 Å². The van der Waals surface area contributed by atoms with Crippen LogP contribution in [0.25, 0.3) is 0 Å². The minimum atomic E-state index is -3.76. The molecule has 0 atom stereocenters. The van der Waals surface area contributed by atoms with Crippen LogP contribution in [0.2, 0.25) is 18.1 Å². The van der Waals surface area contributed by atoms with Crippen LogP contribution in [0.4, 0.5) is 0 Å². The van der Waals surface area contributed by atoms with Crippen LogP contribution in [-0.4, -0.2) is 8.32 Å². The summed E-state index contributed by atoms with van der Waals surface area (Å²) in [6.07, 6.45) is 0. The van der Waals surface area contributed by atoms with E-state index in [1.165, 1.54) is 0 Å². The minimum absolute atomic E-state index is 0.810. The van der Waals surface area contributed by atoms with E-state index in [1.54, 1.807) is 0 Å². The molecule has 0 spiro atoms. The molecule has 8 heteroatoms. The van der Waals surface area contributed by atoms with Crippen molar-refractivity contribution in [1.29, 1.82) is 0 Å². The van der Waals surface area contributed by atoms with Gasteiger partial charge in [0.25, 0.3) is 0 Å². The molecule has 0 aromatic carbocycles. The molecule has 0 aliphatic carbocycles. The molecule has 0 amide bonds. The van der Waals surface area contributed by atoms with Gasteiger partial charge >= 0.3 is 7.82 Å². The average molecular weight is 281 g/mol. The van der Waals surface area contributed by atoms with E-state index in [0.717, 1.165) is 18.1 Å². The van der Waals surface area contributed by atoms with E-state index in [2.05, 4.69) is 8.15 Å². The summed E-state index contributed by atoms with van der Waals surface area (Å²) in [7, 11) is -5.84. The van der Waals surface area contributed by atoms with Gasteiger partial charge in [-0.15, -0.1) is 0 Å². The van der Waals surface area contributed by atoms with Crippen molar-refractivity contribution < 1.29 is 16.9 Å². The van der Waals surface area contributed by atoms with Crippen molar-refractivity contribution in [3.63, 3.8) is 0 Å². The Morgan fingerprint density at radius 3 is 1.64 bits per heavy atom. The third-order valence-electron chi connectivity index (χ3n) is 2.41. The first-order chi connectivity index (χ1) is 6.51. The zero-order valence-electron chi connectivity index (χ0n) is 8.46. The van der Waals surface area contributed by atoms with Gasteiger partial charge in [-0.3, -0.25) is 0 Å². The molecule has 0 radical (unpaired) electrons. The van der Waals surface area contributed by atoms with E-state index < -0.39 is 16.1 Å². The summed E-state index contributed by atoms with van der Waals surface area (Å²) < 4.78 is 25.2. The van der Waals surface area contributed by atoms with Gasteiger partial charge in [0, 0.05) is 0 Å². The van der Waals surface area contributed by atoms with E-state index in [0.29, 0.717) is 0 Å². The summed E-state index contributed by atoms with van der Waals surface area (Å²) in [4.78, 5) is 0. The van der Waals surface area contributed by atoms with Crippen molar-refractivity contribution in [3.8, 4) is 0 Å². The number of halogens is 2. The molecule has 0 aromatic rings. The summed E-state index contributed by atoms with van der Waals surface area (Å²) >= 11 is 10.0. The molecule has 86 valence electrons. The number of rotatable bonds is 7. The Kier molecular flexibility index (Phi) is 6.90. The fourth-order valence-corrected chi connectivity index (χ4v) is 7.18. The highest BCUT2D eigenvalue weighted by atomic mass is 35.5. The molecule has 14 heavy (non-hydrogen) atoms. The second-order valence-electron chi connectivity index (χ2n) is 2.92. The van der Waals surface area contributed by atoms with Gasteiger partial charge in [0.1, 0.15) is 0 Å². The first-order valence-corrected chi connectivity index (χ1v) is 9.03. The molecule has 0 fully saturated rings. The van der Waals surface area contributed by atoms with E-state index >= 15 is 0 Å². The lowest BCUT2D eigenvalue weighted by Crippen LogP contribution is -2.34. The quantitative estimate of drug-likeness (QED) is 0.510. The zero-order chi connectivity index (χ0) is 11.2. The van der Waals surface area contributed by atoms with Gasteiger partial charge < -0.3 is 4.21 Å². The van der Waals surface area contributed by atoms with Crippen LogP contribution in [0.1, 0.15) is 20.8 Å². The van der Waals surface area contributed by atoms with Gasteiger partial charge in [-0.1, -0.05) is 20.8 Å². The summed E-state index contributed by atoms with van der Waals surface area (Å²) in [5.41, 5.74) is 0. The summed E-state index contributed by atoms with van der Waals surface area (Å²) in [5, 5.41) is 0. The standard InChI is InChI=1S/C6H15Cl2O4PSi/c1-4-14(5-2,6-3)12-13(9,10-7)11-8/h4-6H2,1-3H3. The molecule has 0 aromatic heterocycles. The third kappa shape index (κ3) is 3.81. The lowest BCUT2D eigenvalue weighted by Gasteiger charge is -2.28. The first kappa shape index (κ1) is 14.9. The normalized spacial score (nSPS) is 13.2. The van der Waals surface area contributed by atoms with Crippen LogP contribution >= 0.6 is 31.6 Å². The van der Waals surface area contributed by atoms with Crippen LogP contribution in [0.3, 0.4) is 0 Å².